The Hall–Kier alpha value is -1.89. The maximum atomic E-state index is 2.26. The van der Waals surface area contributed by atoms with Gasteiger partial charge in [0.2, 0.25) is 0 Å². The topological polar surface area (TPSA) is 3.88 Å². The number of fused-ring (bicyclic) bond motifs is 1. The van der Waals surface area contributed by atoms with Crippen LogP contribution in [0.2, 0.25) is 0 Å². The number of nitrogens with zero attached hydrogens (tertiary/aromatic N) is 1. The van der Waals surface area contributed by atoms with E-state index in [1.165, 1.54) is 36.8 Å². The van der Waals surface area contributed by atoms with Gasteiger partial charge < -0.3 is 0 Å². The standard InChI is InChI=1S/C10H12.C8H16.C7H10N.7C2H6/c1-2-6-10-8-4-3-7-9(10)5-1;1-6(2)8(5)7(3)4;1-2-8-6-4-3-5-7-8;7*1-2/h1-2,5-6H,3-4,7-8H2;6H,1-5H3;3-7H,2H2,1H3;7*1-2H3/q;;+1;;;;;;;. The molecule has 1 heteroatoms. The first-order valence-corrected chi connectivity index (χ1v) is 17.1. The van der Waals surface area contributed by atoms with Gasteiger partial charge in [-0.3, -0.25) is 0 Å². The van der Waals surface area contributed by atoms with E-state index in [1.807, 2.05) is 115 Å². The minimum atomic E-state index is 0.722. The lowest BCUT2D eigenvalue weighted by molar-refractivity contribution is -0.693. The number of pyridine rings is 1. The van der Waals surface area contributed by atoms with E-state index in [9.17, 15) is 0 Å². The van der Waals surface area contributed by atoms with Crippen LogP contribution in [-0.2, 0) is 19.4 Å². The average molecular weight is 563 g/mol. The highest BCUT2D eigenvalue weighted by Gasteiger charge is 2.06. The molecule has 0 saturated carbocycles. The molecule has 1 aliphatic rings. The van der Waals surface area contributed by atoms with Crippen LogP contribution in [0.5, 0.6) is 0 Å². The van der Waals surface area contributed by atoms with E-state index in [-0.39, 0.29) is 0 Å². The number of hydrogen-bond donors (Lipinski definition) is 0. The zero-order chi connectivity index (χ0) is 33.4. The fraction of sp³-hybridized carbons (Fsp3) is 0.667. The summed E-state index contributed by atoms with van der Waals surface area (Å²) in [6, 6.07) is 14.9. The quantitative estimate of drug-likeness (QED) is 0.253. The van der Waals surface area contributed by atoms with Crippen LogP contribution in [0.25, 0.3) is 0 Å². The van der Waals surface area contributed by atoms with Crippen LogP contribution in [0.3, 0.4) is 0 Å². The van der Waals surface area contributed by atoms with Crippen LogP contribution < -0.4 is 4.57 Å². The van der Waals surface area contributed by atoms with Gasteiger partial charge in [-0.05, 0) is 70.4 Å². The molecule has 0 bridgehead atoms. The number of hydrogen-bond acceptors (Lipinski definition) is 0. The molecular weight excluding hydrogens is 482 g/mol. The molecule has 0 radical (unpaired) electrons. The summed E-state index contributed by atoms with van der Waals surface area (Å²) in [5, 5.41) is 0. The number of benzene rings is 1. The normalized spacial score (nSPS) is 8.93. The molecule has 0 N–H and O–H groups in total. The Labute approximate surface area is 257 Å². The molecule has 0 atom stereocenters. The van der Waals surface area contributed by atoms with Crippen molar-refractivity contribution in [1.82, 2.24) is 0 Å². The largest absolute Gasteiger partial charge is 0.205 e. The molecule has 1 nitrogen and oxygen atoms in total. The summed E-state index contributed by atoms with van der Waals surface area (Å²) >= 11 is 0. The first-order valence-electron chi connectivity index (χ1n) is 17.1. The lowest BCUT2D eigenvalue weighted by atomic mass is 9.92. The molecule has 2 aromatic rings. The first-order chi connectivity index (χ1) is 19.5. The predicted octanol–water partition coefficient (Wildman–Crippen LogP) is 13.7. The van der Waals surface area contributed by atoms with Gasteiger partial charge >= 0.3 is 0 Å². The Morgan fingerprint density at radius 2 is 0.900 bits per heavy atom. The zero-order valence-electron chi connectivity index (χ0n) is 31.8. The zero-order valence-corrected chi connectivity index (χ0v) is 31.8. The Balaban J connectivity index is -0.0000000673. The summed E-state index contributed by atoms with van der Waals surface area (Å²) in [5.74, 6) is 0.722. The van der Waals surface area contributed by atoms with Crippen LogP contribution in [0.4, 0.5) is 0 Å². The van der Waals surface area contributed by atoms with Gasteiger partial charge in [-0.2, -0.15) is 0 Å². The maximum Gasteiger partial charge on any atom is 0.168 e. The minimum Gasteiger partial charge on any atom is -0.205 e. The highest BCUT2D eigenvalue weighted by Crippen LogP contribution is 2.19. The fourth-order valence-electron chi connectivity index (χ4n) is 2.90. The van der Waals surface area contributed by atoms with Gasteiger partial charge in [-0.25, -0.2) is 4.57 Å². The van der Waals surface area contributed by atoms with Crippen molar-refractivity contribution in [2.45, 2.75) is 171 Å². The van der Waals surface area contributed by atoms with Crippen LogP contribution in [0.15, 0.2) is 66.0 Å². The van der Waals surface area contributed by atoms with E-state index in [4.69, 9.17) is 0 Å². The van der Waals surface area contributed by atoms with Crippen molar-refractivity contribution in [3.8, 4) is 0 Å². The molecule has 240 valence electrons. The van der Waals surface area contributed by atoms with Crippen LogP contribution in [0.1, 0.15) is 162 Å². The molecule has 0 amide bonds. The van der Waals surface area contributed by atoms with E-state index in [0.29, 0.717) is 0 Å². The van der Waals surface area contributed by atoms with E-state index in [0.717, 1.165) is 12.5 Å². The third-order valence-corrected chi connectivity index (χ3v) is 5.06. The highest BCUT2D eigenvalue weighted by atomic mass is 14.9. The number of aryl methyl sites for hydroxylation is 3. The van der Waals surface area contributed by atoms with Crippen molar-refractivity contribution >= 4 is 0 Å². The second-order valence-electron chi connectivity index (χ2n) is 7.52. The van der Waals surface area contributed by atoms with Crippen molar-refractivity contribution in [1.29, 1.82) is 0 Å². The van der Waals surface area contributed by atoms with Crippen LogP contribution >= 0.6 is 0 Å². The van der Waals surface area contributed by atoms with Crippen LogP contribution in [0, 0.1) is 5.92 Å². The number of allylic oxidation sites excluding steroid dienone is 2. The minimum absolute atomic E-state index is 0.722. The maximum absolute atomic E-state index is 2.26. The van der Waals surface area contributed by atoms with Gasteiger partial charge in [0.1, 0.15) is 6.54 Å². The second kappa shape index (κ2) is 53.4. The summed E-state index contributed by atoms with van der Waals surface area (Å²) in [7, 11) is 0. The first kappa shape index (κ1) is 54.2. The third-order valence-electron chi connectivity index (χ3n) is 5.06. The van der Waals surface area contributed by atoms with E-state index in [1.54, 1.807) is 11.1 Å². The Morgan fingerprint density at radius 1 is 0.575 bits per heavy atom. The number of rotatable bonds is 2. The summed E-state index contributed by atoms with van der Waals surface area (Å²) < 4.78 is 2.12. The van der Waals surface area contributed by atoms with Crippen molar-refractivity contribution in [2.24, 2.45) is 5.92 Å². The third kappa shape index (κ3) is 38.3. The highest BCUT2D eigenvalue weighted by molar-refractivity contribution is 5.28. The van der Waals surface area contributed by atoms with Gasteiger partial charge in [0.15, 0.2) is 12.4 Å². The van der Waals surface area contributed by atoms with E-state index >= 15 is 0 Å². The second-order valence-corrected chi connectivity index (χ2v) is 7.52. The molecule has 3 rings (SSSR count). The molecule has 40 heavy (non-hydrogen) atoms. The predicted molar refractivity (Wildman–Crippen MR) is 194 cm³/mol. The molecular formula is C39H80N+. The Kier molecular flexibility index (Phi) is 72.4. The van der Waals surface area contributed by atoms with E-state index < -0.39 is 0 Å². The molecule has 0 fully saturated rings. The summed E-state index contributed by atoms with van der Waals surface area (Å²) in [6.45, 7) is 42.1. The van der Waals surface area contributed by atoms with Gasteiger partial charge in [0.05, 0.1) is 0 Å². The number of aromatic nitrogens is 1. The molecule has 1 aromatic heterocycles. The summed E-state index contributed by atoms with van der Waals surface area (Å²) in [6.07, 6.45) is 9.49. The molecule has 0 saturated heterocycles. The molecule has 1 heterocycles. The van der Waals surface area contributed by atoms with E-state index in [2.05, 4.69) is 82.8 Å². The summed E-state index contributed by atoms with van der Waals surface area (Å²) in [4.78, 5) is 0. The fourth-order valence-corrected chi connectivity index (χ4v) is 2.90. The summed E-state index contributed by atoms with van der Waals surface area (Å²) in [5.41, 5.74) is 6.13. The average Bonchev–Trinajstić information content (AvgIpc) is 3.08. The smallest absolute Gasteiger partial charge is 0.168 e. The monoisotopic (exact) mass is 563 g/mol. The van der Waals surface area contributed by atoms with Gasteiger partial charge in [-0.15, -0.1) is 0 Å². The SMILES string of the molecule is CC.CC.CC.CC.CC.CC.CC.CC(C)=C(C)C(C)C.CC[n+]1ccccc1.c1ccc2c(c1)CCCC2. The molecule has 1 aliphatic carbocycles. The molecule has 0 spiro atoms. The molecule has 0 aliphatic heterocycles. The lowest BCUT2D eigenvalue weighted by Crippen LogP contribution is -2.30. The Bertz CT molecular complexity index is 624. The molecule has 0 unspecified atom stereocenters. The van der Waals surface area contributed by atoms with Gasteiger partial charge in [-0.1, -0.05) is 152 Å². The molecule has 1 aromatic carbocycles. The Morgan fingerprint density at radius 3 is 1.10 bits per heavy atom. The van der Waals surface area contributed by atoms with Gasteiger partial charge in [0, 0.05) is 12.1 Å². The van der Waals surface area contributed by atoms with Crippen molar-refractivity contribution in [3.05, 3.63) is 77.1 Å². The van der Waals surface area contributed by atoms with Crippen molar-refractivity contribution < 1.29 is 4.57 Å². The van der Waals surface area contributed by atoms with Crippen molar-refractivity contribution in [2.75, 3.05) is 0 Å². The lowest BCUT2D eigenvalue weighted by Gasteiger charge is -2.13. The van der Waals surface area contributed by atoms with Crippen molar-refractivity contribution in [3.63, 3.8) is 0 Å². The van der Waals surface area contributed by atoms with Crippen LogP contribution in [-0.4, -0.2) is 0 Å². The van der Waals surface area contributed by atoms with Gasteiger partial charge in [0.25, 0.3) is 0 Å².